The largest absolute Gasteiger partial charge is 0.493 e. The normalized spacial score (nSPS) is 18.9. The summed E-state index contributed by atoms with van der Waals surface area (Å²) in [7, 11) is 5.01. The van der Waals surface area contributed by atoms with Gasteiger partial charge in [0.25, 0.3) is 0 Å². The summed E-state index contributed by atoms with van der Waals surface area (Å²) >= 11 is 0. The molecule has 0 aliphatic carbocycles. The van der Waals surface area contributed by atoms with Crippen LogP contribution in [0.25, 0.3) is 0 Å². The van der Waals surface area contributed by atoms with Crippen LogP contribution in [-0.4, -0.2) is 40.4 Å². The summed E-state index contributed by atoms with van der Waals surface area (Å²) in [4.78, 5) is 4.32. The molecule has 0 bridgehead atoms. The van der Waals surface area contributed by atoms with Crippen LogP contribution < -0.4 is 20.1 Å². The molecule has 1 heterocycles. The van der Waals surface area contributed by atoms with Crippen molar-refractivity contribution in [3.05, 3.63) is 54.1 Å². The standard InChI is InChI=1S/C21H27N3O3.HI/c1-22-21(24-17-9-10-18(25-2)19(13-17)26-3)23-14-16-11-12-27-20(16)15-7-5-4-6-8-15;/h4-10,13,16,20H,11-12,14H2,1-3H3,(H2,22,23,24);1H. The van der Waals surface area contributed by atoms with Crippen LogP contribution in [0.3, 0.4) is 0 Å². The number of nitrogens with zero attached hydrogens (tertiary/aromatic N) is 1. The first-order valence-corrected chi connectivity index (χ1v) is 9.11. The van der Waals surface area contributed by atoms with Gasteiger partial charge in [0.05, 0.1) is 20.3 Å². The first-order valence-electron chi connectivity index (χ1n) is 9.11. The van der Waals surface area contributed by atoms with Crippen LogP contribution in [0.4, 0.5) is 5.69 Å². The minimum atomic E-state index is 0. The zero-order valence-corrected chi connectivity index (χ0v) is 18.8. The molecule has 0 spiro atoms. The average Bonchev–Trinajstić information content (AvgIpc) is 3.20. The fourth-order valence-electron chi connectivity index (χ4n) is 3.31. The molecule has 0 amide bonds. The third kappa shape index (κ3) is 5.51. The summed E-state index contributed by atoms with van der Waals surface area (Å²) in [6, 6.07) is 16.1. The summed E-state index contributed by atoms with van der Waals surface area (Å²) in [5.41, 5.74) is 2.10. The number of aliphatic imine (C=N–C) groups is 1. The highest BCUT2D eigenvalue weighted by molar-refractivity contribution is 14.0. The van der Waals surface area contributed by atoms with Crippen LogP contribution in [0.15, 0.2) is 53.5 Å². The molecule has 2 aromatic carbocycles. The first kappa shape index (κ1) is 22.3. The van der Waals surface area contributed by atoms with Gasteiger partial charge in [-0.3, -0.25) is 4.99 Å². The Bertz CT molecular complexity index is 771. The van der Waals surface area contributed by atoms with Gasteiger partial charge in [0.1, 0.15) is 0 Å². The van der Waals surface area contributed by atoms with Crippen molar-refractivity contribution in [2.75, 3.05) is 39.7 Å². The van der Waals surface area contributed by atoms with E-state index in [1.54, 1.807) is 21.3 Å². The molecular formula is C21H28IN3O3. The predicted octanol–water partition coefficient (Wildman–Crippen LogP) is 4.09. The monoisotopic (exact) mass is 497 g/mol. The smallest absolute Gasteiger partial charge is 0.195 e. The van der Waals surface area contributed by atoms with E-state index in [0.717, 1.165) is 25.3 Å². The van der Waals surface area contributed by atoms with Gasteiger partial charge in [-0.1, -0.05) is 30.3 Å². The molecular weight excluding hydrogens is 469 g/mol. The molecule has 3 rings (SSSR count). The lowest BCUT2D eigenvalue weighted by molar-refractivity contribution is 0.0915. The van der Waals surface area contributed by atoms with Crippen LogP contribution in [-0.2, 0) is 4.74 Å². The highest BCUT2D eigenvalue weighted by Gasteiger charge is 2.29. The van der Waals surface area contributed by atoms with E-state index >= 15 is 0 Å². The van der Waals surface area contributed by atoms with Crippen molar-refractivity contribution in [3.63, 3.8) is 0 Å². The molecule has 28 heavy (non-hydrogen) atoms. The number of anilines is 1. The van der Waals surface area contributed by atoms with E-state index in [4.69, 9.17) is 14.2 Å². The molecule has 7 heteroatoms. The van der Waals surface area contributed by atoms with Crippen molar-refractivity contribution in [1.82, 2.24) is 5.32 Å². The van der Waals surface area contributed by atoms with Crippen LogP contribution >= 0.6 is 24.0 Å². The van der Waals surface area contributed by atoms with E-state index in [1.807, 2.05) is 24.3 Å². The molecule has 2 N–H and O–H groups in total. The van der Waals surface area contributed by atoms with Crippen molar-refractivity contribution in [3.8, 4) is 11.5 Å². The molecule has 1 fully saturated rings. The second kappa shape index (κ2) is 11.1. The molecule has 2 aromatic rings. The quantitative estimate of drug-likeness (QED) is 0.358. The molecule has 1 aliphatic rings. The van der Waals surface area contributed by atoms with Crippen molar-refractivity contribution in [1.29, 1.82) is 0 Å². The van der Waals surface area contributed by atoms with Gasteiger partial charge < -0.3 is 24.8 Å². The zero-order chi connectivity index (χ0) is 19.1. The van der Waals surface area contributed by atoms with Crippen molar-refractivity contribution in [2.45, 2.75) is 12.5 Å². The number of rotatable bonds is 6. The van der Waals surface area contributed by atoms with E-state index in [-0.39, 0.29) is 30.1 Å². The number of guanidine groups is 1. The number of benzene rings is 2. The minimum absolute atomic E-state index is 0. The van der Waals surface area contributed by atoms with E-state index in [0.29, 0.717) is 23.4 Å². The average molecular weight is 497 g/mol. The van der Waals surface area contributed by atoms with Gasteiger partial charge in [-0.05, 0) is 24.1 Å². The number of nitrogens with one attached hydrogen (secondary N) is 2. The number of methoxy groups -OCH3 is 2. The van der Waals surface area contributed by atoms with Gasteiger partial charge in [0.2, 0.25) is 0 Å². The lowest BCUT2D eigenvalue weighted by atomic mass is 9.95. The van der Waals surface area contributed by atoms with Crippen LogP contribution in [0.2, 0.25) is 0 Å². The Morgan fingerprint density at radius 2 is 1.86 bits per heavy atom. The van der Waals surface area contributed by atoms with Crippen LogP contribution in [0.1, 0.15) is 18.1 Å². The molecule has 1 saturated heterocycles. The topological polar surface area (TPSA) is 64.1 Å². The third-order valence-corrected chi connectivity index (χ3v) is 4.74. The number of hydrogen-bond donors (Lipinski definition) is 2. The summed E-state index contributed by atoms with van der Waals surface area (Å²) < 4.78 is 16.6. The zero-order valence-electron chi connectivity index (χ0n) is 16.5. The Morgan fingerprint density at radius 1 is 1.11 bits per heavy atom. The maximum atomic E-state index is 5.96. The molecule has 1 aliphatic heterocycles. The summed E-state index contributed by atoms with van der Waals surface area (Å²) in [5.74, 6) is 2.48. The van der Waals surface area contributed by atoms with Gasteiger partial charge in [-0.2, -0.15) is 0 Å². The first-order chi connectivity index (χ1) is 13.2. The molecule has 2 atom stereocenters. The third-order valence-electron chi connectivity index (χ3n) is 4.74. The minimum Gasteiger partial charge on any atom is -0.493 e. The summed E-state index contributed by atoms with van der Waals surface area (Å²) in [6.45, 7) is 1.57. The second-order valence-corrected chi connectivity index (χ2v) is 6.40. The molecule has 0 radical (unpaired) electrons. The Morgan fingerprint density at radius 3 is 2.54 bits per heavy atom. The molecule has 152 valence electrons. The van der Waals surface area contributed by atoms with E-state index in [2.05, 4.69) is 39.9 Å². The fraction of sp³-hybridized carbons (Fsp3) is 0.381. The van der Waals surface area contributed by atoms with Gasteiger partial charge in [-0.15, -0.1) is 24.0 Å². The van der Waals surface area contributed by atoms with Crippen LogP contribution in [0, 0.1) is 5.92 Å². The lowest BCUT2D eigenvalue weighted by Gasteiger charge is -2.21. The Labute approximate surface area is 183 Å². The summed E-state index contributed by atoms with van der Waals surface area (Å²) in [6.07, 6.45) is 1.15. The second-order valence-electron chi connectivity index (χ2n) is 6.40. The Balaban J connectivity index is 0.00000280. The van der Waals surface area contributed by atoms with Crippen LogP contribution in [0.5, 0.6) is 11.5 Å². The maximum absolute atomic E-state index is 5.96. The highest BCUT2D eigenvalue weighted by Crippen LogP contribution is 2.34. The van der Waals surface area contributed by atoms with Crippen molar-refractivity contribution in [2.24, 2.45) is 10.9 Å². The molecule has 0 aromatic heterocycles. The van der Waals surface area contributed by atoms with Crippen molar-refractivity contribution < 1.29 is 14.2 Å². The molecule has 6 nitrogen and oxygen atoms in total. The fourth-order valence-corrected chi connectivity index (χ4v) is 3.31. The maximum Gasteiger partial charge on any atom is 0.195 e. The van der Waals surface area contributed by atoms with Gasteiger partial charge in [0.15, 0.2) is 17.5 Å². The van der Waals surface area contributed by atoms with Crippen molar-refractivity contribution >= 4 is 35.6 Å². The van der Waals surface area contributed by atoms with Gasteiger partial charge in [-0.25, -0.2) is 0 Å². The van der Waals surface area contributed by atoms with Gasteiger partial charge >= 0.3 is 0 Å². The predicted molar refractivity (Wildman–Crippen MR) is 123 cm³/mol. The Kier molecular flexibility index (Phi) is 8.85. The molecule has 2 unspecified atom stereocenters. The Hall–Kier alpha value is -2.00. The molecule has 0 saturated carbocycles. The number of halogens is 1. The SMILES string of the molecule is CN=C(NCC1CCOC1c1ccccc1)Nc1ccc(OC)c(OC)c1.I. The highest BCUT2D eigenvalue weighted by atomic mass is 127. The summed E-state index contributed by atoms with van der Waals surface area (Å²) in [5, 5.41) is 6.71. The van der Waals surface area contributed by atoms with Gasteiger partial charge in [0, 0.05) is 37.9 Å². The number of hydrogen-bond acceptors (Lipinski definition) is 4. The number of ether oxygens (including phenoxy) is 3. The lowest BCUT2D eigenvalue weighted by Crippen LogP contribution is -2.35. The van der Waals surface area contributed by atoms with E-state index in [9.17, 15) is 0 Å². The van der Waals surface area contributed by atoms with E-state index < -0.39 is 0 Å². The van der Waals surface area contributed by atoms with E-state index in [1.165, 1.54) is 5.56 Å².